The van der Waals surface area contributed by atoms with Crippen LogP contribution in [0.3, 0.4) is 0 Å². The summed E-state index contributed by atoms with van der Waals surface area (Å²) in [6.45, 7) is 3.38. The zero-order chi connectivity index (χ0) is 11.6. The third kappa shape index (κ3) is 5.55. The summed E-state index contributed by atoms with van der Waals surface area (Å²) in [5.74, 6) is 2.53. The van der Waals surface area contributed by atoms with Crippen LogP contribution >= 0.6 is 11.8 Å². The molecule has 2 unspecified atom stereocenters. The van der Waals surface area contributed by atoms with E-state index in [9.17, 15) is 0 Å². The number of nitrogens with one attached hydrogen (secondary N) is 1. The molecule has 0 aromatic carbocycles. The van der Waals surface area contributed by atoms with Crippen molar-refractivity contribution in [2.45, 2.75) is 57.6 Å². The van der Waals surface area contributed by atoms with E-state index in [-0.39, 0.29) is 0 Å². The molecular weight excluding hydrogens is 218 g/mol. The fourth-order valence-corrected chi connectivity index (χ4v) is 3.03. The fraction of sp³-hybridized carbons (Fsp3) is 1.00. The van der Waals surface area contributed by atoms with E-state index in [4.69, 9.17) is 4.74 Å². The predicted octanol–water partition coefficient (Wildman–Crippen LogP) is 3.07. The number of hydrogen-bond acceptors (Lipinski definition) is 3. The zero-order valence-corrected chi connectivity index (χ0v) is 11.7. The van der Waals surface area contributed by atoms with E-state index in [0.29, 0.717) is 12.1 Å². The SMILES string of the molecule is CCSCCCNC1CCCCCC1OC. The molecule has 0 heterocycles. The fourth-order valence-electron chi connectivity index (χ4n) is 2.40. The summed E-state index contributed by atoms with van der Waals surface area (Å²) in [5, 5.41) is 3.68. The van der Waals surface area contributed by atoms with Crippen LogP contribution in [-0.4, -0.2) is 37.3 Å². The van der Waals surface area contributed by atoms with Crippen molar-refractivity contribution in [2.24, 2.45) is 0 Å². The van der Waals surface area contributed by atoms with Gasteiger partial charge >= 0.3 is 0 Å². The van der Waals surface area contributed by atoms with Crippen LogP contribution in [0.15, 0.2) is 0 Å². The molecule has 2 atom stereocenters. The van der Waals surface area contributed by atoms with Gasteiger partial charge in [0.1, 0.15) is 0 Å². The molecule has 1 aliphatic rings. The quantitative estimate of drug-likeness (QED) is 0.550. The topological polar surface area (TPSA) is 21.3 Å². The Labute approximate surface area is 105 Å². The van der Waals surface area contributed by atoms with Crippen LogP contribution in [-0.2, 0) is 4.74 Å². The molecule has 0 aromatic heterocycles. The Morgan fingerprint density at radius 3 is 2.81 bits per heavy atom. The van der Waals surface area contributed by atoms with Crippen LogP contribution in [0.4, 0.5) is 0 Å². The first-order valence-electron chi connectivity index (χ1n) is 6.72. The van der Waals surface area contributed by atoms with Crippen molar-refractivity contribution in [2.75, 3.05) is 25.2 Å². The van der Waals surface area contributed by atoms with Crippen molar-refractivity contribution in [3.8, 4) is 0 Å². The molecule has 1 N–H and O–H groups in total. The van der Waals surface area contributed by atoms with Gasteiger partial charge in [0, 0.05) is 13.2 Å². The summed E-state index contributed by atoms with van der Waals surface area (Å²) < 4.78 is 5.59. The van der Waals surface area contributed by atoms with E-state index in [2.05, 4.69) is 12.2 Å². The molecule has 96 valence electrons. The van der Waals surface area contributed by atoms with Gasteiger partial charge in [0.2, 0.25) is 0 Å². The maximum Gasteiger partial charge on any atom is 0.0724 e. The molecule has 0 aliphatic heterocycles. The van der Waals surface area contributed by atoms with Gasteiger partial charge in [-0.15, -0.1) is 0 Å². The minimum Gasteiger partial charge on any atom is -0.380 e. The molecule has 0 aromatic rings. The molecule has 0 bridgehead atoms. The number of hydrogen-bond donors (Lipinski definition) is 1. The van der Waals surface area contributed by atoms with E-state index in [0.717, 1.165) is 6.54 Å². The number of thioether (sulfide) groups is 1. The average molecular weight is 245 g/mol. The van der Waals surface area contributed by atoms with Crippen molar-refractivity contribution in [1.29, 1.82) is 0 Å². The van der Waals surface area contributed by atoms with Crippen molar-refractivity contribution in [3.05, 3.63) is 0 Å². The van der Waals surface area contributed by atoms with Gasteiger partial charge in [-0.3, -0.25) is 0 Å². The van der Waals surface area contributed by atoms with Crippen LogP contribution in [0.25, 0.3) is 0 Å². The first-order chi connectivity index (χ1) is 7.88. The van der Waals surface area contributed by atoms with E-state index in [1.54, 1.807) is 0 Å². The smallest absolute Gasteiger partial charge is 0.0724 e. The lowest BCUT2D eigenvalue weighted by atomic mass is 10.1. The molecule has 16 heavy (non-hydrogen) atoms. The first-order valence-corrected chi connectivity index (χ1v) is 7.88. The summed E-state index contributed by atoms with van der Waals surface area (Å²) in [7, 11) is 1.86. The molecule has 0 radical (unpaired) electrons. The summed E-state index contributed by atoms with van der Waals surface area (Å²) in [6.07, 6.45) is 8.33. The van der Waals surface area contributed by atoms with Crippen LogP contribution in [0.1, 0.15) is 45.4 Å². The number of ether oxygens (including phenoxy) is 1. The third-order valence-corrected chi connectivity index (χ3v) is 4.32. The highest BCUT2D eigenvalue weighted by molar-refractivity contribution is 7.99. The Bertz CT molecular complexity index is 166. The zero-order valence-electron chi connectivity index (χ0n) is 10.8. The Balaban J connectivity index is 2.15. The van der Waals surface area contributed by atoms with Crippen molar-refractivity contribution >= 4 is 11.8 Å². The summed E-state index contributed by atoms with van der Waals surface area (Å²) in [6, 6.07) is 0.596. The molecule has 0 saturated heterocycles. The van der Waals surface area contributed by atoms with E-state index < -0.39 is 0 Å². The highest BCUT2D eigenvalue weighted by atomic mass is 32.2. The van der Waals surface area contributed by atoms with E-state index in [1.807, 2.05) is 18.9 Å². The highest BCUT2D eigenvalue weighted by Crippen LogP contribution is 2.20. The van der Waals surface area contributed by atoms with Crippen LogP contribution < -0.4 is 5.32 Å². The lowest BCUT2D eigenvalue weighted by molar-refractivity contribution is 0.0633. The van der Waals surface area contributed by atoms with Crippen molar-refractivity contribution in [3.63, 3.8) is 0 Å². The molecule has 2 nitrogen and oxygen atoms in total. The molecular formula is C13H27NOS. The van der Waals surface area contributed by atoms with E-state index >= 15 is 0 Å². The maximum atomic E-state index is 5.59. The predicted molar refractivity (Wildman–Crippen MR) is 73.3 cm³/mol. The molecule has 3 heteroatoms. The first kappa shape index (κ1) is 14.3. The Kier molecular flexibility index (Phi) is 8.34. The van der Waals surface area contributed by atoms with Crippen LogP contribution in [0, 0.1) is 0 Å². The van der Waals surface area contributed by atoms with Gasteiger partial charge in [0.05, 0.1) is 6.10 Å². The van der Waals surface area contributed by atoms with Crippen LogP contribution in [0.2, 0.25) is 0 Å². The second-order valence-electron chi connectivity index (χ2n) is 4.52. The summed E-state index contributed by atoms with van der Waals surface area (Å²) >= 11 is 2.03. The third-order valence-electron chi connectivity index (χ3n) is 3.33. The summed E-state index contributed by atoms with van der Waals surface area (Å²) in [4.78, 5) is 0. The largest absolute Gasteiger partial charge is 0.380 e. The minimum atomic E-state index is 0.446. The van der Waals surface area contributed by atoms with Gasteiger partial charge in [-0.1, -0.05) is 26.2 Å². The maximum absolute atomic E-state index is 5.59. The minimum absolute atomic E-state index is 0.446. The molecule has 0 amide bonds. The number of rotatable bonds is 7. The lowest BCUT2D eigenvalue weighted by Crippen LogP contribution is -2.40. The van der Waals surface area contributed by atoms with Gasteiger partial charge in [0.25, 0.3) is 0 Å². The number of methoxy groups -OCH3 is 1. The molecule has 1 rings (SSSR count). The Morgan fingerprint density at radius 1 is 1.25 bits per heavy atom. The standard InChI is InChI=1S/C13H27NOS/c1-3-16-11-7-10-14-12-8-5-4-6-9-13(12)15-2/h12-14H,3-11H2,1-2H3. The molecule has 1 fully saturated rings. The molecule has 1 aliphatic carbocycles. The molecule has 1 saturated carbocycles. The van der Waals surface area contributed by atoms with E-state index in [1.165, 1.54) is 50.0 Å². The van der Waals surface area contributed by atoms with Crippen molar-refractivity contribution < 1.29 is 4.74 Å². The second kappa shape index (κ2) is 9.32. The van der Waals surface area contributed by atoms with Gasteiger partial charge < -0.3 is 10.1 Å². The highest BCUT2D eigenvalue weighted by Gasteiger charge is 2.22. The normalized spacial score (nSPS) is 26.6. The lowest BCUT2D eigenvalue weighted by Gasteiger charge is -2.25. The van der Waals surface area contributed by atoms with Gasteiger partial charge in [0.15, 0.2) is 0 Å². The second-order valence-corrected chi connectivity index (χ2v) is 5.92. The van der Waals surface area contributed by atoms with Crippen LogP contribution in [0.5, 0.6) is 0 Å². The van der Waals surface area contributed by atoms with Gasteiger partial charge in [-0.2, -0.15) is 11.8 Å². The average Bonchev–Trinajstić information content (AvgIpc) is 2.53. The van der Waals surface area contributed by atoms with Crippen molar-refractivity contribution in [1.82, 2.24) is 5.32 Å². The molecule has 0 spiro atoms. The van der Waals surface area contributed by atoms with Gasteiger partial charge in [-0.25, -0.2) is 0 Å². The Morgan fingerprint density at radius 2 is 2.06 bits per heavy atom. The summed E-state index contributed by atoms with van der Waals surface area (Å²) in [5.41, 5.74) is 0. The van der Waals surface area contributed by atoms with Gasteiger partial charge in [-0.05, 0) is 37.3 Å². The monoisotopic (exact) mass is 245 g/mol. The Hall–Kier alpha value is 0.270.